The molecule has 0 heterocycles. The maximum absolute atomic E-state index is 12.3. The van der Waals surface area contributed by atoms with Gasteiger partial charge in [-0.25, -0.2) is 8.42 Å². The number of alkyl halides is 1. The van der Waals surface area contributed by atoms with E-state index in [1.807, 2.05) is 6.92 Å². The Kier molecular flexibility index (Phi) is 4.73. The van der Waals surface area contributed by atoms with Crippen molar-refractivity contribution >= 4 is 43.2 Å². The zero-order valence-corrected chi connectivity index (χ0v) is 13.9. The molecule has 0 bridgehead atoms. The number of anilines is 1. The van der Waals surface area contributed by atoms with Crippen LogP contribution in [0.5, 0.6) is 0 Å². The van der Waals surface area contributed by atoms with Gasteiger partial charge in [0, 0.05) is 10.4 Å². The van der Waals surface area contributed by atoms with Crippen molar-refractivity contribution in [3.05, 3.63) is 58.6 Å². The summed E-state index contributed by atoms with van der Waals surface area (Å²) >= 11 is 9.22. The van der Waals surface area contributed by atoms with Crippen LogP contribution in [0.1, 0.15) is 11.1 Å². The molecular weight excluding hydrogens is 362 g/mol. The first-order chi connectivity index (χ1) is 9.42. The lowest BCUT2D eigenvalue weighted by atomic mass is 10.2. The Labute approximate surface area is 132 Å². The molecule has 0 radical (unpaired) electrons. The molecular formula is C14H13BrClNO2S. The molecule has 20 heavy (non-hydrogen) atoms. The standard InChI is InChI=1S/C14H13BrClNO2S/c1-10-2-5-12(16)8-14(10)17-20(18,19)13-6-3-11(9-15)4-7-13/h2-8,17H,9H2,1H3. The highest BCUT2D eigenvalue weighted by Crippen LogP contribution is 2.23. The molecule has 0 saturated heterocycles. The van der Waals surface area contributed by atoms with Crippen molar-refractivity contribution < 1.29 is 8.42 Å². The Hall–Kier alpha value is -1.04. The summed E-state index contributed by atoms with van der Waals surface area (Å²) in [6.45, 7) is 1.82. The molecule has 0 unspecified atom stereocenters. The number of sulfonamides is 1. The molecule has 0 fully saturated rings. The van der Waals surface area contributed by atoms with Crippen molar-refractivity contribution in [2.24, 2.45) is 0 Å². The summed E-state index contributed by atoms with van der Waals surface area (Å²) in [7, 11) is -3.60. The van der Waals surface area contributed by atoms with Crippen LogP contribution in [0.2, 0.25) is 5.02 Å². The molecule has 0 atom stereocenters. The molecule has 2 aromatic rings. The minimum absolute atomic E-state index is 0.224. The number of rotatable bonds is 4. The van der Waals surface area contributed by atoms with Crippen molar-refractivity contribution in [1.29, 1.82) is 0 Å². The summed E-state index contributed by atoms with van der Waals surface area (Å²) in [5, 5.41) is 1.18. The van der Waals surface area contributed by atoms with Crippen LogP contribution in [0.15, 0.2) is 47.4 Å². The lowest BCUT2D eigenvalue weighted by Gasteiger charge is -2.11. The van der Waals surface area contributed by atoms with E-state index in [2.05, 4.69) is 20.7 Å². The first-order valence-corrected chi connectivity index (χ1v) is 8.84. The van der Waals surface area contributed by atoms with Gasteiger partial charge in [-0.15, -0.1) is 0 Å². The van der Waals surface area contributed by atoms with Gasteiger partial charge in [-0.1, -0.05) is 45.7 Å². The Morgan fingerprint density at radius 3 is 2.40 bits per heavy atom. The molecule has 0 aromatic heterocycles. The topological polar surface area (TPSA) is 46.2 Å². The van der Waals surface area contributed by atoms with E-state index in [1.165, 1.54) is 0 Å². The van der Waals surface area contributed by atoms with E-state index in [1.54, 1.807) is 42.5 Å². The van der Waals surface area contributed by atoms with Crippen LogP contribution in [-0.2, 0) is 15.4 Å². The molecule has 0 aliphatic heterocycles. The van der Waals surface area contributed by atoms with Crippen LogP contribution in [0.4, 0.5) is 5.69 Å². The van der Waals surface area contributed by atoms with Gasteiger partial charge in [0.15, 0.2) is 0 Å². The Balaban J connectivity index is 2.32. The number of hydrogen-bond acceptors (Lipinski definition) is 2. The second-order valence-electron chi connectivity index (χ2n) is 4.34. The number of hydrogen-bond donors (Lipinski definition) is 1. The zero-order chi connectivity index (χ0) is 14.8. The molecule has 0 amide bonds. The van der Waals surface area contributed by atoms with E-state index in [0.29, 0.717) is 16.0 Å². The van der Waals surface area contributed by atoms with E-state index in [0.717, 1.165) is 11.1 Å². The molecule has 3 nitrogen and oxygen atoms in total. The Bertz CT molecular complexity index is 714. The van der Waals surface area contributed by atoms with Crippen LogP contribution in [0.25, 0.3) is 0 Å². The average Bonchev–Trinajstić information content (AvgIpc) is 2.43. The first kappa shape index (κ1) is 15.4. The van der Waals surface area contributed by atoms with Crippen molar-refractivity contribution in [2.45, 2.75) is 17.1 Å². The fraction of sp³-hybridized carbons (Fsp3) is 0.143. The lowest BCUT2D eigenvalue weighted by Crippen LogP contribution is -2.13. The zero-order valence-electron chi connectivity index (χ0n) is 10.7. The van der Waals surface area contributed by atoms with Crippen molar-refractivity contribution in [1.82, 2.24) is 0 Å². The highest BCUT2D eigenvalue weighted by molar-refractivity contribution is 9.08. The third-order valence-corrected chi connectivity index (χ3v) is 5.10. The summed E-state index contributed by atoms with van der Waals surface area (Å²) in [4.78, 5) is 0.224. The summed E-state index contributed by atoms with van der Waals surface area (Å²) in [5.74, 6) is 0. The lowest BCUT2D eigenvalue weighted by molar-refractivity contribution is 0.601. The molecule has 6 heteroatoms. The average molecular weight is 375 g/mol. The van der Waals surface area contributed by atoms with Gasteiger partial charge in [0.25, 0.3) is 10.0 Å². The second-order valence-corrected chi connectivity index (χ2v) is 7.02. The number of aryl methyl sites for hydroxylation is 1. The molecule has 0 saturated carbocycles. The number of benzene rings is 2. The van der Waals surface area contributed by atoms with Gasteiger partial charge in [0.1, 0.15) is 0 Å². The van der Waals surface area contributed by atoms with Gasteiger partial charge >= 0.3 is 0 Å². The molecule has 0 aliphatic rings. The maximum Gasteiger partial charge on any atom is 0.261 e. The maximum atomic E-state index is 12.3. The third kappa shape index (κ3) is 3.53. The van der Waals surface area contributed by atoms with Crippen molar-refractivity contribution in [3.63, 3.8) is 0 Å². The van der Waals surface area contributed by atoms with Crippen LogP contribution in [-0.4, -0.2) is 8.42 Å². The smallest absolute Gasteiger partial charge is 0.261 e. The van der Waals surface area contributed by atoms with E-state index >= 15 is 0 Å². The summed E-state index contributed by atoms with van der Waals surface area (Å²) in [6, 6.07) is 11.8. The van der Waals surface area contributed by atoms with Crippen LogP contribution in [0, 0.1) is 6.92 Å². The largest absolute Gasteiger partial charge is 0.279 e. The minimum atomic E-state index is -3.60. The normalized spacial score (nSPS) is 11.3. The predicted octanol–water partition coefficient (Wildman–Crippen LogP) is 4.34. The minimum Gasteiger partial charge on any atom is -0.279 e. The Morgan fingerprint density at radius 2 is 1.80 bits per heavy atom. The molecule has 106 valence electrons. The van der Waals surface area contributed by atoms with Gasteiger partial charge in [0.05, 0.1) is 10.6 Å². The van der Waals surface area contributed by atoms with E-state index in [9.17, 15) is 8.42 Å². The van der Waals surface area contributed by atoms with Crippen LogP contribution < -0.4 is 4.72 Å². The summed E-state index contributed by atoms with van der Waals surface area (Å²) in [6.07, 6.45) is 0. The van der Waals surface area contributed by atoms with Gasteiger partial charge in [-0.05, 0) is 42.3 Å². The monoisotopic (exact) mass is 373 g/mol. The summed E-state index contributed by atoms with van der Waals surface area (Å²) < 4.78 is 27.2. The second kappa shape index (κ2) is 6.16. The highest BCUT2D eigenvalue weighted by atomic mass is 79.9. The molecule has 0 spiro atoms. The van der Waals surface area contributed by atoms with Gasteiger partial charge in [-0.2, -0.15) is 0 Å². The van der Waals surface area contributed by atoms with Gasteiger partial charge < -0.3 is 0 Å². The van der Waals surface area contributed by atoms with Crippen molar-refractivity contribution in [2.75, 3.05) is 4.72 Å². The van der Waals surface area contributed by atoms with E-state index in [4.69, 9.17) is 11.6 Å². The molecule has 2 aromatic carbocycles. The highest BCUT2D eigenvalue weighted by Gasteiger charge is 2.15. The quantitative estimate of drug-likeness (QED) is 0.809. The van der Waals surface area contributed by atoms with E-state index in [-0.39, 0.29) is 4.90 Å². The number of nitrogens with one attached hydrogen (secondary N) is 1. The first-order valence-electron chi connectivity index (χ1n) is 5.86. The Morgan fingerprint density at radius 1 is 1.15 bits per heavy atom. The molecule has 0 aliphatic carbocycles. The fourth-order valence-electron chi connectivity index (χ4n) is 1.67. The van der Waals surface area contributed by atoms with Crippen LogP contribution >= 0.6 is 27.5 Å². The molecule has 2 rings (SSSR count). The van der Waals surface area contributed by atoms with Crippen molar-refractivity contribution in [3.8, 4) is 0 Å². The predicted molar refractivity (Wildman–Crippen MR) is 86.1 cm³/mol. The van der Waals surface area contributed by atoms with Gasteiger partial charge in [-0.3, -0.25) is 4.72 Å². The van der Waals surface area contributed by atoms with Gasteiger partial charge in [0.2, 0.25) is 0 Å². The van der Waals surface area contributed by atoms with Crippen LogP contribution in [0.3, 0.4) is 0 Å². The van der Waals surface area contributed by atoms with E-state index < -0.39 is 10.0 Å². The fourth-order valence-corrected chi connectivity index (χ4v) is 3.33. The molecule has 1 N–H and O–H groups in total. The SMILES string of the molecule is Cc1ccc(Cl)cc1NS(=O)(=O)c1ccc(CBr)cc1. The third-order valence-electron chi connectivity index (χ3n) is 2.83. The summed E-state index contributed by atoms with van der Waals surface area (Å²) in [5.41, 5.74) is 2.32. The number of halogens is 2.